The molecule has 37 heavy (non-hydrogen) atoms. The zero-order valence-corrected chi connectivity index (χ0v) is 20.3. The van der Waals surface area contributed by atoms with Crippen molar-refractivity contribution in [2.24, 2.45) is 16.5 Å². The number of hydrogen-bond donors (Lipinski definition) is 5. The Morgan fingerprint density at radius 1 is 1.11 bits per heavy atom. The maximum absolute atomic E-state index is 12.6. The number of benzene rings is 1. The van der Waals surface area contributed by atoms with E-state index in [1.54, 1.807) is 18.2 Å². The fourth-order valence-corrected chi connectivity index (χ4v) is 4.43. The number of nitrogens with zero attached hydrogens (tertiary/aromatic N) is 2. The van der Waals surface area contributed by atoms with Crippen molar-refractivity contribution in [3.63, 3.8) is 0 Å². The minimum Gasteiger partial charge on any atom is -0.492 e. The quantitative estimate of drug-likeness (QED) is 0.116. The molecule has 196 valence electrons. The first-order valence-electron chi connectivity index (χ1n) is 11.0. The molecule has 0 saturated carbocycles. The number of guanidine groups is 1. The first-order valence-corrected chi connectivity index (χ1v) is 12.5. The molecule has 7 N–H and O–H groups in total. The average Bonchev–Trinajstić information content (AvgIpc) is 2.86. The molecular formula is C23H26N6O7S. The topological polar surface area (TPSA) is 208 Å². The van der Waals surface area contributed by atoms with Crippen LogP contribution in [0.3, 0.4) is 0 Å². The van der Waals surface area contributed by atoms with Crippen molar-refractivity contribution in [1.29, 1.82) is 0 Å². The van der Waals surface area contributed by atoms with Crippen LogP contribution in [0, 0.1) is 0 Å². The molecule has 13 nitrogen and oxygen atoms in total. The van der Waals surface area contributed by atoms with Crippen LogP contribution in [0.2, 0.25) is 0 Å². The Labute approximate surface area is 211 Å². The number of hydrogen-bond acceptors (Lipinski definition) is 7. The zero-order chi connectivity index (χ0) is 27.0. The van der Waals surface area contributed by atoms with Gasteiger partial charge in [-0.3, -0.25) is 23.8 Å². The van der Waals surface area contributed by atoms with Crippen LogP contribution in [-0.4, -0.2) is 61.5 Å². The minimum absolute atomic E-state index is 0.0101. The largest absolute Gasteiger partial charge is 0.492 e. The number of aliphatic carboxylic acids is 1. The van der Waals surface area contributed by atoms with Gasteiger partial charge in [-0.2, -0.15) is 4.72 Å². The maximum Gasteiger partial charge on any atom is 0.323 e. The number of carboxylic acid groups (broad SMARTS) is 1. The van der Waals surface area contributed by atoms with Gasteiger partial charge in [0, 0.05) is 36.7 Å². The molecule has 0 aliphatic rings. The highest BCUT2D eigenvalue weighted by Crippen LogP contribution is 2.14. The van der Waals surface area contributed by atoms with Gasteiger partial charge < -0.3 is 26.6 Å². The van der Waals surface area contributed by atoms with Gasteiger partial charge in [0.1, 0.15) is 11.8 Å². The Morgan fingerprint density at radius 2 is 1.84 bits per heavy atom. The van der Waals surface area contributed by atoms with E-state index in [0.717, 1.165) is 6.07 Å². The molecule has 0 fully saturated rings. The van der Waals surface area contributed by atoms with Crippen molar-refractivity contribution in [2.75, 3.05) is 19.7 Å². The maximum atomic E-state index is 12.6. The van der Waals surface area contributed by atoms with Crippen LogP contribution in [0.15, 0.2) is 75.5 Å². The predicted octanol–water partition coefficient (Wildman–Crippen LogP) is -0.497. The number of carbonyl (C=O) groups is 2. The van der Waals surface area contributed by atoms with E-state index in [2.05, 4.69) is 15.0 Å². The first-order chi connectivity index (χ1) is 17.6. The summed E-state index contributed by atoms with van der Waals surface area (Å²) in [6.07, 6.45) is 2.03. The van der Waals surface area contributed by atoms with Gasteiger partial charge in [0.15, 0.2) is 5.96 Å². The molecule has 2 heterocycles. The smallest absolute Gasteiger partial charge is 0.323 e. The summed E-state index contributed by atoms with van der Waals surface area (Å²) < 4.78 is 33.8. The number of carboxylic acids is 1. The number of rotatable bonds is 12. The number of fused-ring (bicyclic) bond motifs is 1. The zero-order valence-electron chi connectivity index (χ0n) is 19.5. The van der Waals surface area contributed by atoms with E-state index in [4.69, 9.17) is 16.2 Å². The molecule has 14 heteroatoms. The normalized spacial score (nSPS) is 12.0. The monoisotopic (exact) mass is 530 g/mol. The van der Waals surface area contributed by atoms with E-state index in [0.29, 0.717) is 30.8 Å². The third kappa shape index (κ3) is 7.52. The second-order valence-corrected chi connectivity index (χ2v) is 9.50. The molecule has 0 bridgehead atoms. The highest BCUT2D eigenvalue weighted by atomic mass is 32.2. The van der Waals surface area contributed by atoms with Crippen molar-refractivity contribution < 1.29 is 27.9 Å². The second kappa shape index (κ2) is 12.0. The number of pyridine rings is 2. The number of ether oxygens (including phenoxy) is 1. The number of amides is 1. The van der Waals surface area contributed by atoms with E-state index in [-0.39, 0.29) is 16.4 Å². The van der Waals surface area contributed by atoms with E-state index in [1.165, 1.54) is 40.9 Å². The van der Waals surface area contributed by atoms with Crippen LogP contribution in [0.4, 0.5) is 0 Å². The van der Waals surface area contributed by atoms with Gasteiger partial charge in [-0.25, -0.2) is 8.42 Å². The Bertz CT molecular complexity index is 1470. The van der Waals surface area contributed by atoms with Gasteiger partial charge in [0.25, 0.3) is 11.5 Å². The first kappa shape index (κ1) is 27.2. The summed E-state index contributed by atoms with van der Waals surface area (Å²) in [7, 11) is -4.14. The fraction of sp³-hybridized carbons (Fsp3) is 0.217. The molecule has 1 amide bonds. The summed E-state index contributed by atoms with van der Waals surface area (Å²) in [6.45, 7) is 0.160. The summed E-state index contributed by atoms with van der Waals surface area (Å²) in [5, 5.41) is 11.8. The third-order valence-electron chi connectivity index (χ3n) is 5.02. The average molecular weight is 531 g/mol. The van der Waals surface area contributed by atoms with Crippen molar-refractivity contribution in [3.8, 4) is 5.75 Å². The molecule has 0 unspecified atom stereocenters. The number of aliphatic imine (C=N–C) groups is 1. The van der Waals surface area contributed by atoms with Gasteiger partial charge >= 0.3 is 5.97 Å². The molecular weight excluding hydrogens is 504 g/mol. The molecule has 0 saturated heterocycles. The molecule has 0 aliphatic carbocycles. The minimum atomic E-state index is -4.14. The molecule has 0 aliphatic heterocycles. The van der Waals surface area contributed by atoms with Crippen LogP contribution < -0.4 is 31.8 Å². The highest BCUT2D eigenvalue weighted by Gasteiger charge is 2.26. The van der Waals surface area contributed by atoms with Gasteiger partial charge in [0.05, 0.1) is 17.7 Å². The highest BCUT2D eigenvalue weighted by molar-refractivity contribution is 7.89. The van der Waals surface area contributed by atoms with Crippen LogP contribution in [0.1, 0.15) is 16.8 Å². The lowest BCUT2D eigenvalue weighted by Crippen LogP contribution is -2.48. The van der Waals surface area contributed by atoms with E-state index >= 15 is 0 Å². The van der Waals surface area contributed by atoms with Crippen molar-refractivity contribution in [3.05, 3.63) is 76.7 Å². The van der Waals surface area contributed by atoms with Crippen LogP contribution in [0.25, 0.3) is 5.52 Å². The second-order valence-electron chi connectivity index (χ2n) is 7.79. The number of sulfonamides is 1. The standard InChI is InChI=1S/C23H26N6O7S/c24-23(25)26-9-4-10-36-17-8-7-16-11-15(12-20(30)29(16)14-17)21(31)27-13-19(22(32)33)28-37(34,35)18-5-2-1-3-6-18/h1-3,5-8,11-12,14,19,28H,4,9-10,13H2,(H,27,31)(H,32,33)(H4,24,25,26)/t19-/m0/s1. The van der Waals surface area contributed by atoms with Gasteiger partial charge in [-0.1, -0.05) is 18.2 Å². The number of nitrogens with one attached hydrogen (secondary N) is 2. The van der Waals surface area contributed by atoms with Crippen molar-refractivity contribution >= 4 is 33.4 Å². The Morgan fingerprint density at radius 3 is 2.51 bits per heavy atom. The van der Waals surface area contributed by atoms with Gasteiger partial charge in [0.2, 0.25) is 10.0 Å². The van der Waals surface area contributed by atoms with E-state index < -0.39 is 40.0 Å². The van der Waals surface area contributed by atoms with Crippen LogP contribution in [0.5, 0.6) is 5.75 Å². The van der Waals surface area contributed by atoms with Crippen molar-refractivity contribution in [1.82, 2.24) is 14.4 Å². The van der Waals surface area contributed by atoms with E-state index in [1.807, 2.05) is 0 Å². The summed E-state index contributed by atoms with van der Waals surface area (Å²) in [4.78, 5) is 40.6. The van der Waals surface area contributed by atoms with Gasteiger partial charge in [-0.15, -0.1) is 0 Å². The molecule has 1 aromatic carbocycles. The molecule has 0 spiro atoms. The summed E-state index contributed by atoms with van der Waals surface area (Å²) in [5.74, 6) is -1.82. The van der Waals surface area contributed by atoms with Crippen LogP contribution in [-0.2, 0) is 14.8 Å². The van der Waals surface area contributed by atoms with E-state index in [9.17, 15) is 27.9 Å². The molecule has 2 aromatic heterocycles. The number of aromatic nitrogens is 1. The Hall–Kier alpha value is -4.43. The lowest BCUT2D eigenvalue weighted by Gasteiger charge is -2.16. The lowest BCUT2D eigenvalue weighted by atomic mass is 10.2. The Kier molecular flexibility index (Phi) is 8.81. The number of carbonyl (C=O) groups excluding carboxylic acids is 1. The third-order valence-corrected chi connectivity index (χ3v) is 6.50. The lowest BCUT2D eigenvalue weighted by molar-refractivity contribution is -0.138. The molecule has 3 aromatic rings. The van der Waals surface area contributed by atoms with Crippen molar-refractivity contribution in [2.45, 2.75) is 17.4 Å². The SMILES string of the molecule is NC(N)=NCCCOc1ccc2cc(C(=O)NC[C@H](NS(=O)(=O)c3ccccc3)C(=O)O)cc(=O)n2c1. The summed E-state index contributed by atoms with van der Waals surface area (Å²) in [6, 6.07) is 11.3. The molecule has 0 radical (unpaired) electrons. The summed E-state index contributed by atoms with van der Waals surface area (Å²) in [5.41, 5.74) is 10.4. The molecule has 3 rings (SSSR count). The van der Waals surface area contributed by atoms with Crippen LogP contribution >= 0.6 is 0 Å². The van der Waals surface area contributed by atoms with Gasteiger partial charge in [-0.05, 0) is 30.3 Å². The fourth-order valence-electron chi connectivity index (χ4n) is 3.22. The predicted molar refractivity (Wildman–Crippen MR) is 135 cm³/mol. The Balaban J connectivity index is 1.67. The summed E-state index contributed by atoms with van der Waals surface area (Å²) >= 11 is 0. The number of nitrogens with two attached hydrogens (primary N) is 2. The molecule has 1 atom stereocenters.